The topological polar surface area (TPSA) is 132 Å². The molecule has 11 nitrogen and oxygen atoms in total. The van der Waals surface area contributed by atoms with Gasteiger partial charge >= 0.3 is 0 Å². The van der Waals surface area contributed by atoms with Crippen LogP contribution in [0.1, 0.15) is 77.0 Å². The molecule has 1 N–H and O–H groups in total. The number of nitrogens with one attached hydrogen (secondary N) is 1. The zero-order valence-corrected chi connectivity index (χ0v) is 31.0. The SMILES string of the molecule is Cc1ccc(-c2c(C)noc2C)cc1N(CC1(COC2CN(c3ccc4c(c3)C(=O)N(C3CCC(=O)NC3=O)C4)C2)CC1)c1ccc(C2(C#N)CC2)cc1. The van der Waals surface area contributed by atoms with Gasteiger partial charge in [0.25, 0.3) is 5.91 Å². The summed E-state index contributed by atoms with van der Waals surface area (Å²) >= 11 is 0. The Morgan fingerprint density at radius 2 is 1.78 bits per heavy atom. The molecule has 3 aromatic carbocycles. The van der Waals surface area contributed by atoms with Crippen molar-refractivity contribution in [1.82, 2.24) is 15.4 Å². The first kappa shape index (κ1) is 34.3. The quantitative estimate of drug-likeness (QED) is 0.175. The minimum absolute atomic E-state index is 0.00834. The molecular formula is C43H44N6O5. The first-order chi connectivity index (χ1) is 26.0. The summed E-state index contributed by atoms with van der Waals surface area (Å²) in [4.78, 5) is 43.8. The molecule has 2 saturated carbocycles. The Labute approximate surface area is 314 Å². The maximum Gasteiger partial charge on any atom is 0.255 e. The lowest BCUT2D eigenvalue weighted by molar-refractivity contribution is -0.136. The Morgan fingerprint density at radius 1 is 1.00 bits per heavy atom. The highest BCUT2D eigenvalue weighted by Crippen LogP contribution is 2.51. The number of carbonyl (C=O) groups excluding carboxylic acids is 3. The van der Waals surface area contributed by atoms with Crippen LogP contribution >= 0.6 is 0 Å². The first-order valence-corrected chi connectivity index (χ1v) is 19.0. The van der Waals surface area contributed by atoms with Crippen molar-refractivity contribution in [1.29, 1.82) is 5.26 Å². The lowest BCUT2D eigenvalue weighted by atomic mass is 9.96. The molecule has 9 rings (SSSR count). The average Bonchev–Trinajstić information content (AvgIpc) is 4.06. The summed E-state index contributed by atoms with van der Waals surface area (Å²) in [6.45, 7) is 9.39. The van der Waals surface area contributed by atoms with E-state index in [0.29, 0.717) is 25.1 Å². The number of nitriles is 1. The number of aryl methyl sites for hydroxylation is 3. The maximum absolute atomic E-state index is 13.4. The van der Waals surface area contributed by atoms with Gasteiger partial charge in [-0.25, -0.2) is 0 Å². The molecule has 1 atom stereocenters. The molecular weight excluding hydrogens is 681 g/mol. The van der Waals surface area contributed by atoms with Gasteiger partial charge in [0.05, 0.1) is 29.9 Å². The van der Waals surface area contributed by atoms with E-state index in [4.69, 9.17) is 9.26 Å². The minimum atomic E-state index is -0.619. The summed E-state index contributed by atoms with van der Waals surface area (Å²) in [5, 5.41) is 16.4. The van der Waals surface area contributed by atoms with Crippen molar-refractivity contribution in [3.8, 4) is 17.2 Å². The lowest BCUT2D eigenvalue weighted by Gasteiger charge is -2.41. The number of imide groups is 1. The Kier molecular flexibility index (Phi) is 8.16. The number of hydrogen-bond donors (Lipinski definition) is 1. The summed E-state index contributed by atoms with van der Waals surface area (Å²) in [5.74, 6) is -0.0428. The van der Waals surface area contributed by atoms with Crippen LogP contribution in [0.3, 0.4) is 0 Å². The molecule has 3 aliphatic heterocycles. The van der Waals surface area contributed by atoms with E-state index < -0.39 is 11.9 Å². The average molecular weight is 725 g/mol. The van der Waals surface area contributed by atoms with Gasteiger partial charge in [-0.05, 0) is 105 Å². The maximum atomic E-state index is 13.4. The van der Waals surface area contributed by atoms with Gasteiger partial charge in [-0.15, -0.1) is 0 Å². The number of ether oxygens (including phenoxy) is 1. The monoisotopic (exact) mass is 724 g/mol. The van der Waals surface area contributed by atoms with Crippen LogP contribution in [-0.4, -0.2) is 66.2 Å². The van der Waals surface area contributed by atoms with Crippen LogP contribution in [0, 0.1) is 37.5 Å². The van der Waals surface area contributed by atoms with Gasteiger partial charge in [-0.3, -0.25) is 19.7 Å². The third-order valence-corrected chi connectivity index (χ3v) is 12.3. The molecule has 4 heterocycles. The summed E-state index contributed by atoms with van der Waals surface area (Å²) < 4.78 is 12.2. The second-order valence-corrected chi connectivity index (χ2v) is 16.1. The highest BCUT2D eigenvalue weighted by molar-refractivity contribution is 6.05. The highest BCUT2D eigenvalue weighted by Gasteiger charge is 2.47. The molecule has 2 saturated heterocycles. The van der Waals surface area contributed by atoms with Crippen LogP contribution in [0.2, 0.25) is 0 Å². The summed E-state index contributed by atoms with van der Waals surface area (Å²) in [6.07, 6.45) is 4.67. The molecule has 2 aliphatic carbocycles. The van der Waals surface area contributed by atoms with E-state index in [1.807, 2.05) is 32.0 Å². The molecule has 0 radical (unpaired) electrons. The van der Waals surface area contributed by atoms with E-state index in [2.05, 4.69) is 75.7 Å². The van der Waals surface area contributed by atoms with Crippen molar-refractivity contribution in [2.24, 2.45) is 5.41 Å². The molecule has 4 aromatic rings. The van der Waals surface area contributed by atoms with E-state index >= 15 is 0 Å². The van der Waals surface area contributed by atoms with Crippen molar-refractivity contribution < 1.29 is 23.6 Å². The number of hydrogen-bond acceptors (Lipinski definition) is 9. The number of nitrogens with zero attached hydrogens (tertiary/aromatic N) is 5. The predicted molar refractivity (Wildman–Crippen MR) is 202 cm³/mol. The van der Waals surface area contributed by atoms with Crippen molar-refractivity contribution in [2.45, 2.75) is 83.4 Å². The van der Waals surface area contributed by atoms with Gasteiger partial charge in [-0.2, -0.15) is 5.26 Å². The third kappa shape index (κ3) is 6.02. The van der Waals surface area contributed by atoms with E-state index in [-0.39, 0.29) is 35.2 Å². The van der Waals surface area contributed by atoms with Gasteiger partial charge in [0.15, 0.2) is 0 Å². The summed E-state index contributed by atoms with van der Waals surface area (Å²) in [5.41, 5.74) is 9.62. The van der Waals surface area contributed by atoms with Crippen LogP contribution in [0.4, 0.5) is 17.1 Å². The number of carbonyl (C=O) groups is 3. The van der Waals surface area contributed by atoms with Crippen molar-refractivity contribution in [3.05, 3.63) is 94.4 Å². The number of anilines is 3. The Bertz CT molecular complexity index is 2200. The molecule has 0 bridgehead atoms. The lowest BCUT2D eigenvalue weighted by Crippen LogP contribution is -2.53. The van der Waals surface area contributed by atoms with Crippen LogP contribution in [-0.2, 0) is 26.3 Å². The number of rotatable bonds is 11. The van der Waals surface area contributed by atoms with Gasteiger partial charge in [0, 0.05) is 66.2 Å². The zero-order valence-electron chi connectivity index (χ0n) is 31.0. The van der Waals surface area contributed by atoms with Crippen LogP contribution in [0.25, 0.3) is 11.1 Å². The molecule has 11 heteroatoms. The summed E-state index contributed by atoms with van der Waals surface area (Å²) in [7, 11) is 0. The van der Waals surface area contributed by atoms with E-state index in [1.165, 1.54) is 5.56 Å². The highest BCUT2D eigenvalue weighted by atomic mass is 16.5. The first-order valence-electron chi connectivity index (χ1n) is 19.0. The molecule has 1 aromatic heterocycles. The number of benzene rings is 3. The fraction of sp³-hybridized carbons (Fsp3) is 0.419. The predicted octanol–water partition coefficient (Wildman–Crippen LogP) is 6.41. The minimum Gasteiger partial charge on any atom is -0.374 e. The van der Waals surface area contributed by atoms with E-state index in [9.17, 15) is 19.6 Å². The molecule has 4 fully saturated rings. The molecule has 0 spiro atoms. The smallest absolute Gasteiger partial charge is 0.255 e. The zero-order chi connectivity index (χ0) is 37.4. The molecule has 3 amide bonds. The Balaban J connectivity index is 0.888. The Morgan fingerprint density at radius 3 is 2.44 bits per heavy atom. The molecule has 1 unspecified atom stereocenters. The third-order valence-electron chi connectivity index (χ3n) is 12.3. The molecule has 5 aliphatic rings. The van der Waals surface area contributed by atoms with Crippen LogP contribution < -0.4 is 15.1 Å². The number of piperidine rings is 1. The van der Waals surface area contributed by atoms with Crippen molar-refractivity contribution in [2.75, 3.05) is 36.0 Å². The van der Waals surface area contributed by atoms with Crippen molar-refractivity contribution >= 4 is 34.8 Å². The largest absolute Gasteiger partial charge is 0.374 e. The molecule has 54 heavy (non-hydrogen) atoms. The second-order valence-electron chi connectivity index (χ2n) is 16.1. The number of amides is 3. The van der Waals surface area contributed by atoms with E-state index in [0.717, 1.165) is 96.1 Å². The normalized spacial score (nSPS) is 21.0. The second kappa shape index (κ2) is 12.8. The fourth-order valence-corrected chi connectivity index (χ4v) is 8.47. The number of fused-ring (bicyclic) bond motifs is 1. The van der Waals surface area contributed by atoms with Gasteiger partial charge in [0.1, 0.15) is 11.8 Å². The van der Waals surface area contributed by atoms with Crippen LogP contribution in [0.15, 0.2) is 65.2 Å². The fourth-order valence-electron chi connectivity index (χ4n) is 8.47. The van der Waals surface area contributed by atoms with Crippen LogP contribution in [0.5, 0.6) is 0 Å². The van der Waals surface area contributed by atoms with Gasteiger partial charge in [-0.1, -0.05) is 35.5 Å². The van der Waals surface area contributed by atoms with Gasteiger partial charge < -0.3 is 24.0 Å². The summed E-state index contributed by atoms with van der Waals surface area (Å²) in [6, 6.07) is 23.0. The van der Waals surface area contributed by atoms with Crippen molar-refractivity contribution in [3.63, 3.8) is 0 Å². The Hall–Kier alpha value is -5.47. The standard InChI is InChI=1S/C43H44N6O5/c1-26-4-5-29(39-27(2)46-54-28(39)3)18-37(26)49(32-10-7-31(8-11-32)43(23-44)16-17-43)24-42(14-15-42)25-53-34-21-47(22-34)33-9-6-30-20-48(41(52)35(30)19-33)36-12-13-38(50)45-40(36)51/h4-11,18-19,34,36H,12-17,20-22,24-25H2,1-3H3,(H,45,50,51). The van der Waals surface area contributed by atoms with Gasteiger partial charge in [0.2, 0.25) is 11.8 Å². The van der Waals surface area contributed by atoms with E-state index in [1.54, 1.807) is 4.90 Å². The molecule has 276 valence electrons. The number of aromatic nitrogens is 1.